The predicted molar refractivity (Wildman–Crippen MR) is 81.2 cm³/mol. The van der Waals surface area contributed by atoms with Gasteiger partial charge in [-0.1, -0.05) is 67.1 Å². The van der Waals surface area contributed by atoms with Gasteiger partial charge in [0.15, 0.2) is 0 Å². The van der Waals surface area contributed by atoms with E-state index in [9.17, 15) is 5.11 Å². The van der Waals surface area contributed by atoms with Gasteiger partial charge < -0.3 is 0 Å². The highest BCUT2D eigenvalue weighted by atomic mass is 16.2. The van der Waals surface area contributed by atoms with E-state index in [1.165, 1.54) is 24.0 Å². The predicted octanol–water partition coefficient (Wildman–Crippen LogP) is 4.59. The molecule has 0 aromatic heterocycles. The zero-order valence-corrected chi connectivity index (χ0v) is 11.8. The molecule has 1 nitrogen and oxygen atoms in total. The highest BCUT2D eigenvalue weighted by molar-refractivity contribution is 5.46. The molecule has 0 amide bonds. The van der Waals surface area contributed by atoms with E-state index >= 15 is 0 Å². The number of hydrogen-bond acceptors (Lipinski definition) is 0. The second-order valence-electron chi connectivity index (χ2n) is 5.80. The Hall–Kier alpha value is -1.60. The van der Waals surface area contributed by atoms with Crippen LogP contribution in [0.3, 0.4) is 0 Å². The lowest BCUT2D eigenvalue weighted by Gasteiger charge is -2.19. The molecule has 0 bridgehead atoms. The van der Waals surface area contributed by atoms with Gasteiger partial charge in [-0.25, -0.2) is 5.11 Å². The Balaban J connectivity index is 1.87. The van der Waals surface area contributed by atoms with E-state index in [4.69, 9.17) is 0 Å². The third-order valence-corrected chi connectivity index (χ3v) is 4.63. The first-order valence-corrected chi connectivity index (χ1v) is 7.57. The Labute approximate surface area is 121 Å². The molecular weight excluding hydrogens is 244 g/mol. The van der Waals surface area contributed by atoms with Crippen molar-refractivity contribution in [2.45, 2.75) is 31.1 Å². The quantitative estimate of drug-likeness (QED) is 0.681. The summed E-state index contributed by atoms with van der Waals surface area (Å²) in [5, 5.41) is 10.6. The van der Waals surface area contributed by atoms with Crippen LogP contribution in [0.2, 0.25) is 0 Å². The highest BCUT2D eigenvalue weighted by Crippen LogP contribution is 2.60. The molecule has 1 aliphatic carbocycles. The van der Waals surface area contributed by atoms with Crippen molar-refractivity contribution in [1.82, 2.24) is 0 Å². The van der Waals surface area contributed by atoms with Gasteiger partial charge in [0, 0.05) is 5.41 Å². The monoisotopic (exact) mass is 265 g/mol. The highest BCUT2D eigenvalue weighted by Gasteiger charge is 2.55. The van der Waals surface area contributed by atoms with Crippen molar-refractivity contribution in [3.05, 3.63) is 71.8 Å². The van der Waals surface area contributed by atoms with Gasteiger partial charge in [-0.3, -0.25) is 0 Å². The van der Waals surface area contributed by atoms with Crippen molar-refractivity contribution in [2.75, 3.05) is 6.61 Å². The van der Waals surface area contributed by atoms with Crippen molar-refractivity contribution in [1.29, 1.82) is 0 Å². The molecule has 1 aliphatic rings. The first-order valence-electron chi connectivity index (χ1n) is 7.57. The summed E-state index contributed by atoms with van der Waals surface area (Å²) in [7, 11) is 0. The molecule has 0 spiro atoms. The third kappa shape index (κ3) is 2.38. The molecule has 3 rings (SSSR count). The molecule has 0 heterocycles. The largest absolute Gasteiger partial charge is 0.237 e. The first kappa shape index (κ1) is 13.4. The summed E-state index contributed by atoms with van der Waals surface area (Å²) < 4.78 is 0. The maximum Gasteiger partial charge on any atom is 0.0822 e. The van der Waals surface area contributed by atoms with Gasteiger partial charge in [0.25, 0.3) is 0 Å². The van der Waals surface area contributed by atoms with Crippen LogP contribution in [0.25, 0.3) is 0 Å². The molecule has 1 saturated carbocycles. The molecule has 2 aromatic rings. The SMILES string of the molecule is [O]CCCCC1CC1(c1ccccc1)c1ccccc1. The Bertz CT molecular complexity index is 493. The molecule has 1 heteroatoms. The van der Waals surface area contributed by atoms with Crippen LogP contribution in [0.1, 0.15) is 36.8 Å². The van der Waals surface area contributed by atoms with E-state index < -0.39 is 0 Å². The molecule has 0 N–H and O–H groups in total. The van der Waals surface area contributed by atoms with E-state index in [1.807, 2.05) is 0 Å². The summed E-state index contributed by atoms with van der Waals surface area (Å²) in [5.74, 6) is 0.693. The number of rotatable bonds is 6. The topological polar surface area (TPSA) is 19.9 Å². The Morgan fingerprint density at radius 1 is 0.850 bits per heavy atom. The van der Waals surface area contributed by atoms with Crippen LogP contribution >= 0.6 is 0 Å². The van der Waals surface area contributed by atoms with Gasteiger partial charge in [-0.15, -0.1) is 0 Å². The third-order valence-electron chi connectivity index (χ3n) is 4.63. The van der Waals surface area contributed by atoms with E-state index in [1.54, 1.807) is 0 Å². The molecule has 0 saturated heterocycles. The Morgan fingerprint density at radius 3 is 1.90 bits per heavy atom. The number of benzene rings is 2. The Morgan fingerprint density at radius 2 is 1.40 bits per heavy atom. The smallest absolute Gasteiger partial charge is 0.0822 e. The summed E-state index contributed by atoms with van der Waals surface area (Å²) in [6.45, 7) is 0.0659. The van der Waals surface area contributed by atoms with Crippen LogP contribution < -0.4 is 0 Å². The molecule has 103 valence electrons. The lowest BCUT2D eigenvalue weighted by Crippen LogP contribution is -2.12. The summed E-state index contributed by atoms with van der Waals surface area (Å²) in [4.78, 5) is 0. The van der Waals surface area contributed by atoms with Crippen molar-refractivity contribution in [2.24, 2.45) is 5.92 Å². The van der Waals surface area contributed by atoms with Crippen LogP contribution in [0.15, 0.2) is 60.7 Å². The van der Waals surface area contributed by atoms with Gasteiger partial charge in [0.05, 0.1) is 6.61 Å². The maximum atomic E-state index is 10.6. The minimum atomic E-state index is 0.0659. The Kier molecular flexibility index (Phi) is 3.88. The summed E-state index contributed by atoms with van der Waals surface area (Å²) >= 11 is 0. The minimum Gasteiger partial charge on any atom is -0.237 e. The van der Waals surface area contributed by atoms with Gasteiger partial charge in [0.1, 0.15) is 0 Å². The molecule has 20 heavy (non-hydrogen) atoms. The second kappa shape index (κ2) is 5.80. The lowest BCUT2D eigenvalue weighted by atomic mass is 9.85. The van der Waals surface area contributed by atoms with E-state index in [2.05, 4.69) is 60.7 Å². The average molecular weight is 265 g/mol. The normalized spacial score (nSPS) is 19.8. The zero-order valence-electron chi connectivity index (χ0n) is 11.8. The standard InChI is InChI=1S/C19H21O/c20-14-8-7-13-18-15-19(18,16-9-3-1-4-10-16)17-11-5-2-6-12-17/h1-6,9-12,18H,7-8,13-15H2. The summed E-state index contributed by atoms with van der Waals surface area (Å²) in [5.41, 5.74) is 3.06. The van der Waals surface area contributed by atoms with Gasteiger partial charge in [0.2, 0.25) is 0 Å². The molecule has 1 unspecified atom stereocenters. The summed E-state index contributed by atoms with van der Waals surface area (Å²) in [6, 6.07) is 21.7. The molecule has 1 atom stereocenters. The van der Waals surface area contributed by atoms with Crippen molar-refractivity contribution in [3.8, 4) is 0 Å². The number of hydrogen-bond donors (Lipinski definition) is 0. The van der Waals surface area contributed by atoms with Crippen LogP contribution in [0.4, 0.5) is 0 Å². The second-order valence-corrected chi connectivity index (χ2v) is 5.80. The fourth-order valence-electron chi connectivity index (χ4n) is 3.52. The molecular formula is C19H21O. The van der Waals surface area contributed by atoms with Crippen LogP contribution in [0.5, 0.6) is 0 Å². The summed E-state index contributed by atoms with van der Waals surface area (Å²) in [6.07, 6.45) is 4.28. The average Bonchev–Trinajstić information content (AvgIpc) is 3.25. The van der Waals surface area contributed by atoms with E-state index in [-0.39, 0.29) is 12.0 Å². The molecule has 1 radical (unpaired) electrons. The van der Waals surface area contributed by atoms with Crippen molar-refractivity contribution in [3.63, 3.8) is 0 Å². The fraction of sp³-hybridized carbons (Fsp3) is 0.368. The fourth-order valence-corrected chi connectivity index (χ4v) is 3.52. The van der Waals surface area contributed by atoms with Gasteiger partial charge in [-0.2, -0.15) is 0 Å². The van der Waals surface area contributed by atoms with Crippen LogP contribution in [-0.4, -0.2) is 6.61 Å². The van der Waals surface area contributed by atoms with E-state index in [0.717, 1.165) is 12.8 Å². The lowest BCUT2D eigenvalue weighted by molar-refractivity contribution is 0.185. The zero-order chi connectivity index (χ0) is 13.8. The molecule has 1 fully saturated rings. The molecule has 0 aliphatic heterocycles. The maximum absolute atomic E-state index is 10.6. The number of unbranched alkanes of at least 4 members (excludes halogenated alkanes) is 1. The molecule has 2 aromatic carbocycles. The van der Waals surface area contributed by atoms with Crippen molar-refractivity contribution < 1.29 is 5.11 Å². The van der Waals surface area contributed by atoms with Crippen LogP contribution in [-0.2, 0) is 10.5 Å². The van der Waals surface area contributed by atoms with Gasteiger partial charge >= 0.3 is 0 Å². The minimum absolute atomic E-state index is 0.0659. The van der Waals surface area contributed by atoms with Gasteiger partial charge in [-0.05, 0) is 36.3 Å². The first-order chi connectivity index (χ1) is 9.88. The van der Waals surface area contributed by atoms with Crippen molar-refractivity contribution >= 4 is 0 Å². The van der Waals surface area contributed by atoms with E-state index in [0.29, 0.717) is 5.92 Å². The van der Waals surface area contributed by atoms with Crippen LogP contribution in [0, 0.1) is 5.92 Å².